The third kappa shape index (κ3) is 7.68. The molecular formula is C30H33F4N5O3S. The van der Waals surface area contributed by atoms with Gasteiger partial charge < -0.3 is 35.1 Å². The number of anilines is 2. The third-order valence-corrected chi connectivity index (χ3v) is 8.36. The van der Waals surface area contributed by atoms with Crippen LogP contribution in [0.2, 0.25) is 0 Å². The Kier molecular flexibility index (Phi) is 9.01. The van der Waals surface area contributed by atoms with Gasteiger partial charge in [-0.05, 0) is 62.7 Å². The SMILES string of the molecule is COc1cc(C(=O)NCC2(O)CC2)ccc1NCC#Cc1cc2c(N[C@@H]3CCN(C)C[C@@H]3F)cccn2c1SC(F)(F)F. The number of aliphatic hydroxyl groups is 1. The third-order valence-electron chi connectivity index (χ3n) is 7.52. The second-order valence-electron chi connectivity index (χ2n) is 10.9. The van der Waals surface area contributed by atoms with Crippen LogP contribution in [0.25, 0.3) is 5.52 Å². The highest BCUT2D eigenvalue weighted by Crippen LogP contribution is 2.41. The van der Waals surface area contributed by atoms with Gasteiger partial charge >= 0.3 is 5.51 Å². The number of methoxy groups -OCH3 is 1. The van der Waals surface area contributed by atoms with Crippen molar-refractivity contribution in [2.45, 2.75) is 47.6 Å². The molecule has 2 fully saturated rings. The minimum atomic E-state index is -4.54. The number of rotatable bonds is 9. The summed E-state index contributed by atoms with van der Waals surface area (Å²) in [6.45, 7) is 1.26. The fourth-order valence-electron chi connectivity index (χ4n) is 4.94. The smallest absolute Gasteiger partial charge is 0.447 e. The van der Waals surface area contributed by atoms with Crippen molar-refractivity contribution in [3.05, 3.63) is 53.7 Å². The molecule has 2 atom stereocenters. The number of nitrogens with one attached hydrogen (secondary N) is 3. The molecule has 2 aromatic heterocycles. The minimum Gasteiger partial charge on any atom is -0.495 e. The number of piperidine rings is 1. The number of carbonyl (C=O) groups excluding carboxylic acids is 1. The van der Waals surface area contributed by atoms with Crippen LogP contribution >= 0.6 is 11.8 Å². The number of aromatic nitrogens is 1. The van der Waals surface area contributed by atoms with E-state index in [4.69, 9.17) is 4.74 Å². The Hall–Kier alpha value is -3.60. The van der Waals surface area contributed by atoms with Crippen molar-refractivity contribution >= 4 is 34.6 Å². The second-order valence-corrected chi connectivity index (χ2v) is 11.9. The van der Waals surface area contributed by atoms with Crippen molar-refractivity contribution in [1.82, 2.24) is 14.6 Å². The molecule has 5 rings (SSSR count). The second kappa shape index (κ2) is 12.6. The van der Waals surface area contributed by atoms with Gasteiger partial charge in [0.05, 0.1) is 47.8 Å². The maximum atomic E-state index is 14.7. The van der Waals surface area contributed by atoms with Crippen molar-refractivity contribution in [3.8, 4) is 17.6 Å². The van der Waals surface area contributed by atoms with Gasteiger partial charge in [-0.1, -0.05) is 11.8 Å². The summed E-state index contributed by atoms with van der Waals surface area (Å²) in [6.07, 6.45) is 2.31. The molecule has 1 saturated carbocycles. The van der Waals surface area contributed by atoms with Gasteiger partial charge in [0.1, 0.15) is 16.9 Å². The maximum absolute atomic E-state index is 14.7. The summed E-state index contributed by atoms with van der Waals surface area (Å²) in [5.74, 6) is 5.78. The summed E-state index contributed by atoms with van der Waals surface area (Å²) < 4.78 is 62.2. The number of pyridine rings is 1. The molecule has 0 unspecified atom stereocenters. The molecule has 0 radical (unpaired) electrons. The van der Waals surface area contributed by atoms with E-state index >= 15 is 0 Å². The Labute approximate surface area is 251 Å². The number of hydrogen-bond donors (Lipinski definition) is 4. The van der Waals surface area contributed by atoms with Crippen molar-refractivity contribution < 1.29 is 32.2 Å². The van der Waals surface area contributed by atoms with Gasteiger partial charge in [0.2, 0.25) is 0 Å². The lowest BCUT2D eigenvalue weighted by atomic mass is 10.0. The summed E-state index contributed by atoms with van der Waals surface area (Å²) in [4.78, 5) is 14.4. The first-order valence-electron chi connectivity index (χ1n) is 13.8. The minimum absolute atomic E-state index is 0.0809. The van der Waals surface area contributed by atoms with E-state index in [1.165, 1.54) is 17.7 Å². The quantitative estimate of drug-likeness (QED) is 0.157. The summed E-state index contributed by atoms with van der Waals surface area (Å²) in [5, 5.41) is 18.9. The van der Waals surface area contributed by atoms with Crippen molar-refractivity contribution in [3.63, 3.8) is 0 Å². The molecule has 1 aliphatic heterocycles. The van der Waals surface area contributed by atoms with Crippen LogP contribution in [0.5, 0.6) is 5.75 Å². The van der Waals surface area contributed by atoms with Crippen LogP contribution < -0.4 is 20.7 Å². The van der Waals surface area contributed by atoms with E-state index in [2.05, 4.69) is 27.8 Å². The number of likely N-dealkylation sites (tertiary alicyclic amines) is 1. The summed E-state index contributed by atoms with van der Waals surface area (Å²) >= 11 is -0.249. The molecule has 2 aliphatic rings. The number of alkyl halides is 4. The van der Waals surface area contributed by atoms with E-state index in [0.717, 1.165) is 0 Å². The number of nitrogens with zero attached hydrogens (tertiary/aromatic N) is 2. The van der Waals surface area contributed by atoms with E-state index in [1.807, 2.05) is 11.9 Å². The molecule has 0 bridgehead atoms. The van der Waals surface area contributed by atoms with Crippen LogP contribution in [0, 0.1) is 11.8 Å². The van der Waals surface area contributed by atoms with Gasteiger partial charge in [-0.3, -0.25) is 4.79 Å². The molecule has 1 aliphatic carbocycles. The molecule has 1 aromatic carbocycles. The predicted octanol–water partition coefficient (Wildman–Crippen LogP) is 4.73. The number of halogens is 4. The van der Waals surface area contributed by atoms with E-state index in [0.29, 0.717) is 54.0 Å². The van der Waals surface area contributed by atoms with Gasteiger partial charge in [-0.25, -0.2) is 4.39 Å². The van der Waals surface area contributed by atoms with Gasteiger partial charge in [0.15, 0.2) is 0 Å². The Morgan fingerprint density at radius 2 is 2.02 bits per heavy atom. The lowest BCUT2D eigenvalue weighted by Crippen LogP contribution is -2.46. The van der Waals surface area contributed by atoms with E-state index in [9.17, 15) is 27.5 Å². The van der Waals surface area contributed by atoms with Gasteiger partial charge in [-0.2, -0.15) is 13.2 Å². The molecule has 230 valence electrons. The van der Waals surface area contributed by atoms with Gasteiger partial charge in [-0.15, -0.1) is 0 Å². The summed E-state index contributed by atoms with van der Waals surface area (Å²) in [5.41, 5.74) is -3.25. The van der Waals surface area contributed by atoms with Crippen LogP contribution in [-0.4, -0.2) is 84.0 Å². The van der Waals surface area contributed by atoms with E-state index in [1.54, 1.807) is 36.4 Å². The standard InChI is InChI=1S/C30H33F4N5O3S/c1-38-14-9-22(21(31)17-38)37-23-6-4-13-39-25(23)15-20(28(39)43-30(32,33)34)5-3-12-35-24-8-7-19(16-26(24)42-2)27(40)36-18-29(41)10-11-29/h4,6-8,13,15-16,21-22,35,37,41H,9-12,14,17-18H2,1-2H3,(H,36,40)/t21-,22+/m0/s1. The highest BCUT2D eigenvalue weighted by molar-refractivity contribution is 8.00. The first-order valence-corrected chi connectivity index (χ1v) is 14.7. The van der Waals surface area contributed by atoms with E-state index < -0.39 is 23.3 Å². The Morgan fingerprint density at radius 3 is 2.72 bits per heavy atom. The van der Waals surface area contributed by atoms with E-state index in [-0.39, 0.29) is 47.9 Å². The largest absolute Gasteiger partial charge is 0.495 e. The van der Waals surface area contributed by atoms with Crippen molar-refractivity contribution in [2.75, 3.05) is 51.0 Å². The molecule has 0 spiro atoms. The molecule has 1 saturated heterocycles. The van der Waals surface area contributed by atoms with Crippen molar-refractivity contribution in [1.29, 1.82) is 0 Å². The van der Waals surface area contributed by atoms with Crippen LogP contribution in [0.4, 0.5) is 28.9 Å². The molecule has 43 heavy (non-hydrogen) atoms. The molecular weight excluding hydrogens is 586 g/mol. The average Bonchev–Trinajstić information content (AvgIpc) is 3.61. The first kappa shape index (κ1) is 30.8. The molecule has 13 heteroatoms. The van der Waals surface area contributed by atoms with Crippen LogP contribution in [0.1, 0.15) is 35.2 Å². The molecule has 3 heterocycles. The predicted molar refractivity (Wildman–Crippen MR) is 159 cm³/mol. The van der Waals surface area contributed by atoms with Gasteiger partial charge in [0, 0.05) is 43.2 Å². The number of amides is 1. The zero-order valence-corrected chi connectivity index (χ0v) is 24.5. The highest BCUT2D eigenvalue weighted by atomic mass is 32.2. The number of fused-ring (bicyclic) bond motifs is 1. The van der Waals surface area contributed by atoms with Crippen molar-refractivity contribution in [2.24, 2.45) is 0 Å². The number of hydrogen-bond acceptors (Lipinski definition) is 7. The fourth-order valence-corrected chi connectivity index (χ4v) is 5.64. The number of carbonyl (C=O) groups is 1. The lowest BCUT2D eigenvalue weighted by molar-refractivity contribution is -0.0329. The van der Waals surface area contributed by atoms with Gasteiger partial charge in [0.25, 0.3) is 5.91 Å². The zero-order chi connectivity index (χ0) is 30.8. The first-order chi connectivity index (χ1) is 20.4. The van der Waals surface area contributed by atoms with Crippen LogP contribution in [0.3, 0.4) is 0 Å². The zero-order valence-electron chi connectivity index (χ0n) is 23.7. The molecule has 3 aromatic rings. The highest BCUT2D eigenvalue weighted by Gasteiger charge is 2.40. The molecule has 1 amide bonds. The molecule has 8 nitrogen and oxygen atoms in total. The summed E-state index contributed by atoms with van der Waals surface area (Å²) in [6, 6.07) is 9.29. The maximum Gasteiger partial charge on any atom is 0.447 e. The van der Waals surface area contributed by atoms with Crippen LogP contribution in [0.15, 0.2) is 47.6 Å². The molecule has 4 N–H and O–H groups in total. The summed E-state index contributed by atoms with van der Waals surface area (Å²) in [7, 11) is 3.31. The number of ether oxygens (including phenoxy) is 1. The fraction of sp³-hybridized carbons (Fsp3) is 0.433. The number of benzene rings is 1. The normalized spacial score (nSPS) is 19.8. The topological polar surface area (TPSA) is 90.3 Å². The Morgan fingerprint density at radius 1 is 1.23 bits per heavy atom. The monoisotopic (exact) mass is 619 g/mol. The average molecular weight is 620 g/mol. The Balaban J connectivity index is 1.33. The lowest BCUT2D eigenvalue weighted by Gasteiger charge is -2.33. The van der Waals surface area contributed by atoms with Crippen LogP contribution in [-0.2, 0) is 0 Å². The Bertz CT molecular complexity index is 1550. The number of thioether (sulfide) groups is 1.